The topological polar surface area (TPSA) is 38.3 Å². The van der Waals surface area contributed by atoms with Crippen LogP contribution in [0.2, 0.25) is 0 Å². The lowest BCUT2D eigenvalue weighted by Crippen LogP contribution is -2.26. The Labute approximate surface area is 91.6 Å². The van der Waals surface area contributed by atoms with Crippen molar-refractivity contribution in [3.8, 4) is 0 Å². The summed E-state index contributed by atoms with van der Waals surface area (Å²) < 4.78 is 5.72. The number of hydrogen-bond acceptors (Lipinski definition) is 2. The summed E-state index contributed by atoms with van der Waals surface area (Å²) in [6.07, 6.45) is 0. The molecule has 0 aliphatic rings. The Hall–Kier alpha value is -0.870. The zero-order valence-corrected chi connectivity index (χ0v) is 9.50. The van der Waals surface area contributed by atoms with Gasteiger partial charge in [-0.1, -0.05) is 28.1 Å². The summed E-state index contributed by atoms with van der Waals surface area (Å²) in [5, 5.41) is 2.74. The monoisotopic (exact) mass is 257 g/mol. The Morgan fingerprint density at radius 2 is 2.07 bits per heavy atom. The van der Waals surface area contributed by atoms with Gasteiger partial charge in [-0.25, -0.2) is 0 Å². The smallest absolute Gasteiger partial charge is 0.246 e. The molecule has 14 heavy (non-hydrogen) atoms. The zero-order chi connectivity index (χ0) is 10.4. The van der Waals surface area contributed by atoms with Crippen LogP contribution in [0.1, 0.15) is 5.56 Å². The number of methoxy groups -OCH3 is 1. The first-order chi connectivity index (χ1) is 6.72. The summed E-state index contributed by atoms with van der Waals surface area (Å²) in [5.74, 6) is -0.101. The fourth-order valence-electron chi connectivity index (χ4n) is 0.985. The minimum Gasteiger partial charge on any atom is -0.375 e. The lowest BCUT2D eigenvalue weighted by atomic mass is 10.2. The van der Waals surface area contributed by atoms with E-state index < -0.39 is 0 Å². The summed E-state index contributed by atoms with van der Waals surface area (Å²) in [4.78, 5) is 11.0. The number of ether oxygens (including phenoxy) is 1. The van der Waals surface area contributed by atoms with E-state index in [9.17, 15) is 4.79 Å². The Kier molecular flexibility index (Phi) is 4.62. The highest BCUT2D eigenvalue weighted by Gasteiger charge is 1.99. The van der Waals surface area contributed by atoms with Crippen molar-refractivity contribution < 1.29 is 9.53 Å². The molecule has 0 aliphatic heterocycles. The van der Waals surface area contributed by atoms with Crippen molar-refractivity contribution in [2.75, 3.05) is 13.7 Å². The van der Waals surface area contributed by atoms with Crippen LogP contribution in [-0.4, -0.2) is 19.6 Å². The minimum atomic E-state index is -0.101. The van der Waals surface area contributed by atoms with Crippen LogP contribution in [0.25, 0.3) is 0 Å². The molecule has 0 aromatic heterocycles. The first-order valence-corrected chi connectivity index (χ1v) is 5.02. The molecule has 76 valence electrons. The van der Waals surface area contributed by atoms with Crippen LogP contribution < -0.4 is 5.32 Å². The Bertz CT molecular complexity index is 297. The van der Waals surface area contributed by atoms with Gasteiger partial charge in [0.1, 0.15) is 6.61 Å². The molecule has 0 spiro atoms. The molecule has 4 heteroatoms. The molecular formula is C10H12BrNO2. The standard InChI is InChI=1S/C10H12BrNO2/c1-14-7-10(13)12-6-8-2-4-9(11)5-3-8/h2-5H,6-7H2,1H3,(H,12,13). The summed E-state index contributed by atoms with van der Waals surface area (Å²) >= 11 is 3.34. The molecule has 1 amide bonds. The largest absolute Gasteiger partial charge is 0.375 e. The third-order valence-electron chi connectivity index (χ3n) is 1.68. The van der Waals surface area contributed by atoms with Crippen molar-refractivity contribution >= 4 is 21.8 Å². The van der Waals surface area contributed by atoms with E-state index in [1.165, 1.54) is 7.11 Å². The van der Waals surface area contributed by atoms with Crippen molar-refractivity contribution in [3.63, 3.8) is 0 Å². The molecule has 1 aromatic carbocycles. The van der Waals surface area contributed by atoms with E-state index in [-0.39, 0.29) is 12.5 Å². The molecule has 0 aliphatic carbocycles. The van der Waals surface area contributed by atoms with E-state index in [1.807, 2.05) is 24.3 Å². The van der Waals surface area contributed by atoms with Gasteiger partial charge < -0.3 is 10.1 Å². The molecule has 0 fully saturated rings. The molecule has 1 rings (SSSR count). The van der Waals surface area contributed by atoms with Crippen LogP contribution in [0, 0.1) is 0 Å². The fourth-order valence-corrected chi connectivity index (χ4v) is 1.25. The van der Waals surface area contributed by atoms with Crippen molar-refractivity contribution in [3.05, 3.63) is 34.3 Å². The molecule has 0 saturated heterocycles. The van der Waals surface area contributed by atoms with E-state index in [0.717, 1.165) is 10.0 Å². The number of nitrogens with one attached hydrogen (secondary N) is 1. The second-order valence-electron chi connectivity index (χ2n) is 2.84. The van der Waals surface area contributed by atoms with Gasteiger partial charge >= 0.3 is 0 Å². The third-order valence-corrected chi connectivity index (χ3v) is 2.21. The van der Waals surface area contributed by atoms with E-state index in [2.05, 4.69) is 21.2 Å². The van der Waals surface area contributed by atoms with Crippen LogP contribution in [0.4, 0.5) is 0 Å². The molecule has 0 bridgehead atoms. The summed E-state index contributed by atoms with van der Waals surface area (Å²) in [6, 6.07) is 7.80. The molecule has 0 heterocycles. The maximum Gasteiger partial charge on any atom is 0.246 e. The average molecular weight is 258 g/mol. The number of amides is 1. The van der Waals surface area contributed by atoms with E-state index in [0.29, 0.717) is 6.54 Å². The molecule has 0 saturated carbocycles. The number of carbonyl (C=O) groups excluding carboxylic acids is 1. The summed E-state index contributed by atoms with van der Waals surface area (Å²) in [7, 11) is 1.50. The molecule has 0 atom stereocenters. The number of benzene rings is 1. The van der Waals surface area contributed by atoms with Crippen molar-refractivity contribution in [2.45, 2.75) is 6.54 Å². The van der Waals surface area contributed by atoms with Crippen molar-refractivity contribution in [1.82, 2.24) is 5.32 Å². The fraction of sp³-hybridized carbons (Fsp3) is 0.300. The Balaban J connectivity index is 2.38. The normalized spacial score (nSPS) is 9.86. The van der Waals surface area contributed by atoms with Gasteiger partial charge in [0, 0.05) is 18.1 Å². The van der Waals surface area contributed by atoms with Crippen LogP contribution in [0.5, 0.6) is 0 Å². The molecule has 0 radical (unpaired) electrons. The predicted molar refractivity (Wildman–Crippen MR) is 57.9 cm³/mol. The maximum absolute atomic E-state index is 11.0. The zero-order valence-electron chi connectivity index (χ0n) is 7.92. The number of hydrogen-bond donors (Lipinski definition) is 1. The van der Waals surface area contributed by atoms with E-state index in [1.54, 1.807) is 0 Å². The Morgan fingerprint density at radius 1 is 1.43 bits per heavy atom. The van der Waals surface area contributed by atoms with Crippen LogP contribution in [-0.2, 0) is 16.1 Å². The third kappa shape index (κ3) is 3.89. The Morgan fingerprint density at radius 3 is 2.64 bits per heavy atom. The molecular weight excluding hydrogens is 246 g/mol. The minimum absolute atomic E-state index is 0.101. The van der Waals surface area contributed by atoms with E-state index in [4.69, 9.17) is 4.74 Å². The molecule has 1 aromatic rings. The second kappa shape index (κ2) is 5.78. The van der Waals surface area contributed by atoms with Crippen LogP contribution in [0.3, 0.4) is 0 Å². The maximum atomic E-state index is 11.0. The predicted octanol–water partition coefficient (Wildman–Crippen LogP) is 1.71. The van der Waals surface area contributed by atoms with Gasteiger partial charge in [-0.3, -0.25) is 4.79 Å². The van der Waals surface area contributed by atoms with Gasteiger partial charge in [-0.15, -0.1) is 0 Å². The number of halogens is 1. The van der Waals surface area contributed by atoms with Crippen LogP contribution in [0.15, 0.2) is 28.7 Å². The highest BCUT2D eigenvalue weighted by atomic mass is 79.9. The molecule has 0 unspecified atom stereocenters. The molecule has 3 nitrogen and oxygen atoms in total. The van der Waals surface area contributed by atoms with Gasteiger partial charge in [0.05, 0.1) is 0 Å². The van der Waals surface area contributed by atoms with Crippen LogP contribution >= 0.6 is 15.9 Å². The lowest BCUT2D eigenvalue weighted by molar-refractivity contribution is -0.124. The molecule has 1 N–H and O–H groups in total. The average Bonchev–Trinajstić information content (AvgIpc) is 2.17. The number of rotatable bonds is 4. The highest BCUT2D eigenvalue weighted by Crippen LogP contribution is 2.09. The highest BCUT2D eigenvalue weighted by molar-refractivity contribution is 9.10. The van der Waals surface area contributed by atoms with Gasteiger partial charge in [0.2, 0.25) is 5.91 Å². The summed E-state index contributed by atoms with van der Waals surface area (Å²) in [6.45, 7) is 0.645. The summed E-state index contributed by atoms with van der Waals surface area (Å²) in [5.41, 5.74) is 1.07. The first kappa shape index (κ1) is 11.2. The second-order valence-corrected chi connectivity index (χ2v) is 3.75. The van der Waals surface area contributed by atoms with Crippen molar-refractivity contribution in [1.29, 1.82) is 0 Å². The first-order valence-electron chi connectivity index (χ1n) is 4.22. The van der Waals surface area contributed by atoms with Gasteiger partial charge in [-0.05, 0) is 17.7 Å². The van der Waals surface area contributed by atoms with E-state index >= 15 is 0 Å². The SMILES string of the molecule is COCC(=O)NCc1ccc(Br)cc1. The van der Waals surface area contributed by atoms with Gasteiger partial charge in [-0.2, -0.15) is 0 Å². The van der Waals surface area contributed by atoms with Crippen molar-refractivity contribution in [2.24, 2.45) is 0 Å². The lowest BCUT2D eigenvalue weighted by Gasteiger charge is -2.04. The van der Waals surface area contributed by atoms with Gasteiger partial charge in [0.15, 0.2) is 0 Å². The van der Waals surface area contributed by atoms with Gasteiger partial charge in [0.25, 0.3) is 0 Å². The quantitative estimate of drug-likeness (QED) is 0.892. The number of carbonyl (C=O) groups is 1.